The summed E-state index contributed by atoms with van der Waals surface area (Å²) in [6, 6.07) is 0. The molecule has 1 aromatic heterocycles. The lowest BCUT2D eigenvalue weighted by Crippen LogP contribution is -2.30. The van der Waals surface area contributed by atoms with Gasteiger partial charge in [-0.3, -0.25) is 4.79 Å². The van der Waals surface area contributed by atoms with E-state index >= 15 is 0 Å². The lowest BCUT2D eigenvalue weighted by Gasteiger charge is -2.25. The van der Waals surface area contributed by atoms with Gasteiger partial charge >= 0.3 is 0 Å². The molecule has 4 nitrogen and oxygen atoms in total. The number of hydrogen-bond donors (Lipinski definition) is 1. The van der Waals surface area contributed by atoms with Gasteiger partial charge in [-0.15, -0.1) is 0 Å². The molecule has 0 saturated carbocycles. The highest BCUT2D eigenvalue weighted by atomic mass is 16.5. The quantitative estimate of drug-likeness (QED) is 0.843. The molecule has 1 N–H and O–H groups in total. The first-order valence-electron chi connectivity index (χ1n) is 5.78. The van der Waals surface area contributed by atoms with Crippen LogP contribution in [0.25, 0.3) is 0 Å². The Labute approximate surface area is 95.1 Å². The van der Waals surface area contributed by atoms with Crippen molar-refractivity contribution in [3.63, 3.8) is 0 Å². The molecule has 0 bridgehead atoms. The number of nitrogens with one attached hydrogen (secondary N) is 1. The Bertz CT molecular complexity index is 447. The molecule has 0 amide bonds. The van der Waals surface area contributed by atoms with Crippen molar-refractivity contribution in [2.24, 2.45) is 0 Å². The third kappa shape index (κ3) is 1.67. The van der Waals surface area contributed by atoms with Crippen LogP contribution >= 0.6 is 0 Å². The SMILES string of the molecule is CCC(C)(OC)c1nc2c(c(=O)[nH]1)CCC2. The minimum absolute atomic E-state index is 0.00854. The summed E-state index contributed by atoms with van der Waals surface area (Å²) in [5, 5.41) is 0. The number of aryl methyl sites for hydroxylation is 1. The molecule has 1 aliphatic rings. The van der Waals surface area contributed by atoms with Crippen LogP contribution in [0, 0.1) is 0 Å². The van der Waals surface area contributed by atoms with E-state index < -0.39 is 5.60 Å². The van der Waals surface area contributed by atoms with Crippen molar-refractivity contribution in [1.82, 2.24) is 9.97 Å². The summed E-state index contributed by atoms with van der Waals surface area (Å²) < 4.78 is 5.46. The normalized spacial score (nSPS) is 18.2. The molecule has 1 unspecified atom stereocenters. The molecule has 16 heavy (non-hydrogen) atoms. The third-order valence-corrected chi connectivity index (χ3v) is 3.57. The van der Waals surface area contributed by atoms with E-state index in [-0.39, 0.29) is 5.56 Å². The molecule has 0 radical (unpaired) electrons. The van der Waals surface area contributed by atoms with Gasteiger partial charge in [0.25, 0.3) is 5.56 Å². The van der Waals surface area contributed by atoms with Gasteiger partial charge in [0.05, 0.1) is 5.69 Å². The number of nitrogens with zero attached hydrogens (tertiary/aromatic N) is 1. The maximum atomic E-state index is 11.9. The van der Waals surface area contributed by atoms with E-state index in [2.05, 4.69) is 9.97 Å². The molecule has 0 fully saturated rings. The van der Waals surface area contributed by atoms with Crippen LogP contribution in [0.1, 0.15) is 43.8 Å². The van der Waals surface area contributed by atoms with Crippen LogP contribution in [0.4, 0.5) is 0 Å². The average Bonchev–Trinajstić information content (AvgIpc) is 2.76. The highest BCUT2D eigenvalue weighted by Gasteiger charge is 2.29. The summed E-state index contributed by atoms with van der Waals surface area (Å²) in [7, 11) is 1.65. The monoisotopic (exact) mass is 222 g/mol. The Balaban J connectivity index is 2.52. The number of aromatic nitrogens is 2. The Morgan fingerprint density at radius 2 is 2.25 bits per heavy atom. The maximum Gasteiger partial charge on any atom is 0.254 e. The van der Waals surface area contributed by atoms with Crippen molar-refractivity contribution >= 4 is 0 Å². The van der Waals surface area contributed by atoms with Gasteiger partial charge in [0.15, 0.2) is 0 Å². The highest BCUT2D eigenvalue weighted by molar-refractivity contribution is 5.24. The zero-order valence-corrected chi connectivity index (χ0v) is 10.1. The number of fused-ring (bicyclic) bond motifs is 1. The van der Waals surface area contributed by atoms with Crippen molar-refractivity contribution < 1.29 is 4.74 Å². The summed E-state index contributed by atoms with van der Waals surface area (Å²) in [6.07, 6.45) is 3.58. The molecule has 1 aromatic rings. The lowest BCUT2D eigenvalue weighted by molar-refractivity contribution is -0.00934. The Morgan fingerprint density at radius 1 is 1.50 bits per heavy atom. The predicted octanol–water partition coefficient (Wildman–Crippen LogP) is 1.53. The number of ether oxygens (including phenoxy) is 1. The Kier molecular flexibility index (Phi) is 2.84. The fraction of sp³-hybridized carbons (Fsp3) is 0.667. The van der Waals surface area contributed by atoms with Crippen LogP contribution < -0.4 is 5.56 Å². The molecule has 0 aliphatic heterocycles. The second-order valence-corrected chi connectivity index (χ2v) is 4.48. The van der Waals surface area contributed by atoms with E-state index in [4.69, 9.17) is 4.74 Å². The third-order valence-electron chi connectivity index (χ3n) is 3.57. The van der Waals surface area contributed by atoms with E-state index in [1.54, 1.807) is 7.11 Å². The number of rotatable bonds is 3. The molecule has 0 spiro atoms. The highest BCUT2D eigenvalue weighted by Crippen LogP contribution is 2.26. The van der Waals surface area contributed by atoms with E-state index in [9.17, 15) is 4.79 Å². The molecule has 0 aromatic carbocycles. The summed E-state index contributed by atoms with van der Waals surface area (Å²) in [5.41, 5.74) is 1.33. The van der Waals surface area contributed by atoms with E-state index in [1.807, 2.05) is 13.8 Å². The molecule has 1 aliphatic carbocycles. The second-order valence-electron chi connectivity index (χ2n) is 4.48. The van der Waals surface area contributed by atoms with Crippen LogP contribution in [0.5, 0.6) is 0 Å². The van der Waals surface area contributed by atoms with E-state index in [0.717, 1.165) is 36.9 Å². The first kappa shape index (κ1) is 11.3. The zero-order valence-electron chi connectivity index (χ0n) is 10.1. The predicted molar refractivity (Wildman–Crippen MR) is 61.5 cm³/mol. The van der Waals surface area contributed by atoms with Crippen molar-refractivity contribution in [3.8, 4) is 0 Å². The fourth-order valence-corrected chi connectivity index (χ4v) is 2.10. The minimum Gasteiger partial charge on any atom is -0.371 e. The first-order chi connectivity index (χ1) is 7.60. The van der Waals surface area contributed by atoms with Gasteiger partial charge in [0.2, 0.25) is 0 Å². The summed E-state index contributed by atoms with van der Waals surface area (Å²) in [6.45, 7) is 3.98. The molecular formula is C12H18N2O2. The van der Waals surface area contributed by atoms with Gasteiger partial charge in [0, 0.05) is 12.7 Å². The summed E-state index contributed by atoms with van der Waals surface area (Å²) >= 11 is 0. The molecule has 1 atom stereocenters. The number of methoxy groups -OCH3 is 1. The smallest absolute Gasteiger partial charge is 0.254 e. The second kappa shape index (κ2) is 4.01. The molecule has 4 heteroatoms. The van der Waals surface area contributed by atoms with Crippen molar-refractivity contribution in [1.29, 1.82) is 0 Å². The number of aromatic amines is 1. The van der Waals surface area contributed by atoms with Gasteiger partial charge < -0.3 is 9.72 Å². The van der Waals surface area contributed by atoms with Gasteiger partial charge in [-0.2, -0.15) is 0 Å². The van der Waals surface area contributed by atoms with Gasteiger partial charge in [0.1, 0.15) is 11.4 Å². The standard InChI is InChI=1S/C12H18N2O2/c1-4-12(2,16-3)11-13-9-7-5-6-8(9)10(15)14-11/h4-7H2,1-3H3,(H,13,14,15). The van der Waals surface area contributed by atoms with Gasteiger partial charge in [-0.25, -0.2) is 4.98 Å². The minimum atomic E-state index is -0.489. The summed E-state index contributed by atoms with van der Waals surface area (Å²) in [4.78, 5) is 19.3. The van der Waals surface area contributed by atoms with Crippen LogP contribution in [-0.4, -0.2) is 17.1 Å². The Morgan fingerprint density at radius 3 is 2.88 bits per heavy atom. The van der Waals surface area contributed by atoms with Crippen LogP contribution in [0.2, 0.25) is 0 Å². The molecule has 2 rings (SSSR count). The Hall–Kier alpha value is -1.16. The first-order valence-corrected chi connectivity index (χ1v) is 5.78. The number of H-pyrrole nitrogens is 1. The van der Waals surface area contributed by atoms with E-state index in [1.165, 1.54) is 0 Å². The van der Waals surface area contributed by atoms with Crippen molar-refractivity contribution in [2.45, 2.75) is 45.1 Å². The fourth-order valence-electron chi connectivity index (χ4n) is 2.10. The topological polar surface area (TPSA) is 55.0 Å². The lowest BCUT2D eigenvalue weighted by atomic mass is 10.0. The average molecular weight is 222 g/mol. The van der Waals surface area contributed by atoms with Gasteiger partial charge in [-0.1, -0.05) is 6.92 Å². The molecular weight excluding hydrogens is 204 g/mol. The maximum absolute atomic E-state index is 11.9. The van der Waals surface area contributed by atoms with Crippen molar-refractivity contribution in [3.05, 3.63) is 27.4 Å². The van der Waals surface area contributed by atoms with Crippen LogP contribution in [-0.2, 0) is 23.2 Å². The summed E-state index contributed by atoms with van der Waals surface area (Å²) in [5.74, 6) is 0.656. The van der Waals surface area contributed by atoms with Crippen LogP contribution in [0.3, 0.4) is 0 Å². The number of hydrogen-bond acceptors (Lipinski definition) is 3. The molecule has 88 valence electrons. The van der Waals surface area contributed by atoms with Crippen LogP contribution in [0.15, 0.2) is 4.79 Å². The van der Waals surface area contributed by atoms with E-state index in [0.29, 0.717) is 5.82 Å². The molecule has 0 saturated heterocycles. The zero-order chi connectivity index (χ0) is 11.8. The largest absolute Gasteiger partial charge is 0.371 e. The molecule has 1 heterocycles. The van der Waals surface area contributed by atoms with Crippen molar-refractivity contribution in [2.75, 3.05) is 7.11 Å². The van der Waals surface area contributed by atoms with Gasteiger partial charge in [-0.05, 0) is 32.6 Å².